The second kappa shape index (κ2) is 5.19. The molecule has 0 aliphatic heterocycles. The van der Waals surface area contributed by atoms with Crippen LogP contribution in [0.1, 0.15) is 24.0 Å². The van der Waals surface area contributed by atoms with Crippen molar-refractivity contribution in [2.45, 2.75) is 37.6 Å². The molecule has 1 fully saturated rings. The number of sulfonamides is 1. The monoisotopic (exact) mass is 286 g/mol. The van der Waals surface area contributed by atoms with Crippen LogP contribution in [0.5, 0.6) is 0 Å². The summed E-state index contributed by atoms with van der Waals surface area (Å²) >= 11 is 0. The van der Waals surface area contributed by atoms with Gasteiger partial charge in [-0.1, -0.05) is 0 Å². The maximum Gasteiger partial charge on any atom is 0.241 e. The van der Waals surface area contributed by atoms with Gasteiger partial charge >= 0.3 is 0 Å². The molecule has 0 heterocycles. The van der Waals surface area contributed by atoms with Crippen LogP contribution in [0.25, 0.3) is 0 Å². The van der Waals surface area contributed by atoms with Gasteiger partial charge in [-0.3, -0.25) is 0 Å². The quantitative estimate of drug-likeness (QED) is 0.860. The van der Waals surface area contributed by atoms with Crippen molar-refractivity contribution in [2.24, 2.45) is 11.7 Å². The third kappa shape index (κ3) is 3.32. The molecule has 6 heteroatoms. The first-order chi connectivity index (χ1) is 8.81. The number of hydrogen-bond acceptors (Lipinski definition) is 3. The molecule has 19 heavy (non-hydrogen) atoms. The van der Waals surface area contributed by atoms with E-state index in [4.69, 9.17) is 5.73 Å². The highest BCUT2D eigenvalue weighted by molar-refractivity contribution is 7.89. The molecule has 1 aromatic carbocycles. The second-order valence-corrected chi connectivity index (χ2v) is 6.93. The molecule has 106 valence electrons. The Kier molecular flexibility index (Phi) is 3.94. The van der Waals surface area contributed by atoms with Gasteiger partial charge in [-0.15, -0.1) is 0 Å². The van der Waals surface area contributed by atoms with E-state index in [-0.39, 0.29) is 17.5 Å². The van der Waals surface area contributed by atoms with Gasteiger partial charge < -0.3 is 5.73 Å². The predicted octanol–water partition coefficient (Wildman–Crippen LogP) is 1.46. The summed E-state index contributed by atoms with van der Waals surface area (Å²) in [6.45, 7) is 3.40. The van der Waals surface area contributed by atoms with E-state index < -0.39 is 15.8 Å². The van der Waals surface area contributed by atoms with Gasteiger partial charge in [0.05, 0.1) is 4.90 Å². The van der Waals surface area contributed by atoms with E-state index in [9.17, 15) is 12.8 Å². The van der Waals surface area contributed by atoms with E-state index in [0.717, 1.165) is 12.8 Å². The summed E-state index contributed by atoms with van der Waals surface area (Å²) in [6.07, 6.45) is 2.13. The zero-order valence-corrected chi connectivity index (χ0v) is 11.9. The fraction of sp³-hybridized carbons (Fsp3) is 0.538. The molecule has 1 aliphatic carbocycles. The lowest BCUT2D eigenvalue weighted by molar-refractivity contribution is 0.546. The van der Waals surface area contributed by atoms with Gasteiger partial charge in [0, 0.05) is 12.6 Å². The molecule has 0 bridgehead atoms. The Morgan fingerprint density at radius 2 is 1.89 bits per heavy atom. The molecule has 0 spiro atoms. The molecule has 1 unspecified atom stereocenters. The zero-order chi connectivity index (χ0) is 14.2. The van der Waals surface area contributed by atoms with Gasteiger partial charge in [0.2, 0.25) is 10.0 Å². The van der Waals surface area contributed by atoms with Crippen molar-refractivity contribution in [1.29, 1.82) is 0 Å². The van der Waals surface area contributed by atoms with Crippen LogP contribution in [0.2, 0.25) is 0 Å². The van der Waals surface area contributed by atoms with Gasteiger partial charge in [0.25, 0.3) is 0 Å². The fourth-order valence-corrected chi connectivity index (χ4v) is 3.81. The standard InChI is InChI=1S/C13H19FN2O2S/c1-8-5-11(14)6-9(2)13(8)19(17,18)16-7-12(15)10-3-4-10/h5-6,10,12,16H,3-4,7,15H2,1-2H3. The number of nitrogens with two attached hydrogens (primary N) is 1. The smallest absolute Gasteiger partial charge is 0.241 e. The van der Waals surface area contributed by atoms with Crippen LogP contribution in [0.3, 0.4) is 0 Å². The van der Waals surface area contributed by atoms with Gasteiger partial charge in [0.1, 0.15) is 5.82 Å². The van der Waals surface area contributed by atoms with Crippen molar-refractivity contribution in [1.82, 2.24) is 4.72 Å². The largest absolute Gasteiger partial charge is 0.326 e. The number of hydrogen-bond donors (Lipinski definition) is 2. The minimum absolute atomic E-state index is 0.143. The van der Waals surface area contributed by atoms with E-state index in [1.807, 2.05) is 0 Å². The Hall–Kier alpha value is -0.980. The van der Waals surface area contributed by atoms with E-state index in [2.05, 4.69) is 4.72 Å². The summed E-state index contributed by atoms with van der Waals surface area (Å²) in [4.78, 5) is 0.150. The lowest BCUT2D eigenvalue weighted by atomic mass is 10.1. The van der Waals surface area contributed by atoms with Crippen molar-refractivity contribution in [3.8, 4) is 0 Å². The van der Waals surface area contributed by atoms with E-state index in [1.165, 1.54) is 12.1 Å². The number of halogens is 1. The van der Waals surface area contributed by atoms with E-state index >= 15 is 0 Å². The number of rotatable bonds is 5. The van der Waals surface area contributed by atoms with Gasteiger partial charge in [-0.25, -0.2) is 17.5 Å². The lowest BCUT2D eigenvalue weighted by Gasteiger charge is -2.15. The van der Waals surface area contributed by atoms with E-state index in [1.54, 1.807) is 13.8 Å². The molecule has 1 saturated carbocycles. The number of nitrogens with one attached hydrogen (secondary N) is 1. The molecule has 2 rings (SSSR count). The highest BCUT2D eigenvalue weighted by atomic mass is 32.2. The molecule has 0 aromatic heterocycles. The lowest BCUT2D eigenvalue weighted by Crippen LogP contribution is -2.38. The summed E-state index contributed by atoms with van der Waals surface area (Å²) in [6, 6.07) is 2.31. The summed E-state index contributed by atoms with van der Waals surface area (Å²) in [7, 11) is -3.64. The summed E-state index contributed by atoms with van der Waals surface area (Å²) in [5.74, 6) is 0.00161. The van der Waals surface area contributed by atoms with Crippen molar-refractivity contribution in [3.63, 3.8) is 0 Å². The Morgan fingerprint density at radius 3 is 2.37 bits per heavy atom. The van der Waals surface area contributed by atoms with Crippen LogP contribution in [0.4, 0.5) is 4.39 Å². The zero-order valence-electron chi connectivity index (χ0n) is 11.1. The van der Waals surface area contributed by atoms with Crippen molar-refractivity contribution < 1.29 is 12.8 Å². The Morgan fingerprint density at radius 1 is 1.37 bits per heavy atom. The molecule has 0 radical (unpaired) electrons. The Bertz CT molecular complexity index is 559. The third-order valence-corrected chi connectivity index (χ3v) is 5.16. The first kappa shape index (κ1) is 14.4. The summed E-state index contributed by atoms with van der Waals surface area (Å²) in [5, 5.41) is 0. The topological polar surface area (TPSA) is 72.2 Å². The maximum atomic E-state index is 13.2. The van der Waals surface area contributed by atoms with Crippen molar-refractivity contribution >= 4 is 10.0 Å². The third-order valence-electron chi connectivity index (χ3n) is 3.43. The number of aryl methyl sites for hydroxylation is 2. The SMILES string of the molecule is Cc1cc(F)cc(C)c1S(=O)(=O)NCC(N)C1CC1. The van der Waals surface area contributed by atoms with Crippen LogP contribution in [-0.2, 0) is 10.0 Å². The van der Waals surface area contributed by atoms with Crippen LogP contribution in [-0.4, -0.2) is 21.0 Å². The van der Waals surface area contributed by atoms with Gasteiger partial charge in [-0.05, 0) is 55.9 Å². The molecule has 0 amide bonds. The Labute approximate surface area is 113 Å². The minimum Gasteiger partial charge on any atom is -0.326 e. The van der Waals surface area contributed by atoms with Crippen LogP contribution in [0, 0.1) is 25.6 Å². The molecule has 1 aromatic rings. The molecule has 1 aliphatic rings. The molecule has 0 saturated heterocycles. The Balaban J connectivity index is 2.19. The van der Waals surface area contributed by atoms with Crippen molar-refractivity contribution in [3.05, 3.63) is 29.1 Å². The average molecular weight is 286 g/mol. The highest BCUT2D eigenvalue weighted by Crippen LogP contribution is 2.31. The summed E-state index contributed by atoms with van der Waals surface area (Å²) < 4.78 is 40.2. The van der Waals surface area contributed by atoms with Crippen LogP contribution >= 0.6 is 0 Å². The van der Waals surface area contributed by atoms with Gasteiger partial charge in [-0.2, -0.15) is 0 Å². The first-order valence-corrected chi connectivity index (χ1v) is 7.81. The molecule has 3 N–H and O–H groups in total. The normalized spacial score (nSPS) is 17.5. The second-order valence-electron chi connectivity index (χ2n) is 5.22. The first-order valence-electron chi connectivity index (χ1n) is 6.33. The molecular weight excluding hydrogens is 267 g/mol. The van der Waals surface area contributed by atoms with Gasteiger partial charge in [0.15, 0.2) is 0 Å². The summed E-state index contributed by atoms with van der Waals surface area (Å²) in [5.41, 5.74) is 6.69. The molecular formula is C13H19FN2O2S. The van der Waals surface area contributed by atoms with Crippen LogP contribution in [0.15, 0.2) is 17.0 Å². The van der Waals surface area contributed by atoms with Crippen molar-refractivity contribution in [2.75, 3.05) is 6.54 Å². The molecule has 1 atom stereocenters. The molecule has 4 nitrogen and oxygen atoms in total. The maximum absolute atomic E-state index is 13.2. The minimum atomic E-state index is -3.64. The number of benzene rings is 1. The highest BCUT2D eigenvalue weighted by Gasteiger charge is 2.30. The van der Waals surface area contributed by atoms with E-state index in [0.29, 0.717) is 17.0 Å². The van der Waals surface area contributed by atoms with Crippen LogP contribution < -0.4 is 10.5 Å². The predicted molar refractivity (Wildman–Crippen MR) is 71.8 cm³/mol. The average Bonchev–Trinajstić information content (AvgIpc) is 3.07. The fourth-order valence-electron chi connectivity index (χ4n) is 2.29.